The third-order valence-electron chi connectivity index (χ3n) is 4.70. The molecule has 1 nitrogen and oxygen atoms in total. The molecule has 1 N–H and O–H groups in total. The molecule has 0 heterocycles. The Bertz CT molecular complexity index is 346. The van der Waals surface area contributed by atoms with Crippen LogP contribution in [0.25, 0.3) is 0 Å². The van der Waals surface area contributed by atoms with E-state index in [0.29, 0.717) is 6.04 Å². The van der Waals surface area contributed by atoms with Crippen LogP contribution < -0.4 is 5.32 Å². The van der Waals surface area contributed by atoms with E-state index in [0.717, 1.165) is 5.92 Å². The Morgan fingerprint density at radius 3 is 2.26 bits per heavy atom. The zero-order valence-corrected chi connectivity index (χ0v) is 12.6. The molecule has 1 aliphatic carbocycles. The lowest BCUT2D eigenvalue weighted by Gasteiger charge is -2.26. The molecule has 2 rings (SSSR count). The third-order valence-corrected chi connectivity index (χ3v) is 4.70. The summed E-state index contributed by atoms with van der Waals surface area (Å²) < 4.78 is 0. The van der Waals surface area contributed by atoms with Crippen LogP contribution in [0.15, 0.2) is 24.3 Å². The van der Waals surface area contributed by atoms with E-state index in [9.17, 15) is 0 Å². The first kappa shape index (κ1) is 14.6. The Morgan fingerprint density at radius 2 is 1.68 bits per heavy atom. The van der Waals surface area contributed by atoms with Gasteiger partial charge < -0.3 is 5.32 Å². The lowest BCUT2D eigenvalue weighted by Crippen LogP contribution is -2.33. The largest absolute Gasteiger partial charge is 0.317 e. The molecule has 1 aliphatic rings. The summed E-state index contributed by atoms with van der Waals surface area (Å²) in [4.78, 5) is 0. The molecule has 0 aliphatic heterocycles. The lowest BCUT2D eigenvalue weighted by atomic mass is 9.88. The standard InChI is InChI=1S/C18H29N/c1-15-9-11-16(12-10-15)13-14-18(19-2)17-7-5-3-4-6-8-17/h9-12,17-19H,3-8,13-14H2,1-2H3. The molecule has 19 heavy (non-hydrogen) atoms. The fourth-order valence-corrected chi connectivity index (χ4v) is 3.41. The zero-order chi connectivity index (χ0) is 13.5. The Kier molecular flexibility index (Phi) is 5.91. The SMILES string of the molecule is CNC(CCc1ccc(C)cc1)C1CCCCCC1. The van der Waals surface area contributed by atoms with Gasteiger partial charge in [-0.2, -0.15) is 0 Å². The van der Waals surface area contributed by atoms with Crippen molar-refractivity contribution in [3.05, 3.63) is 35.4 Å². The van der Waals surface area contributed by atoms with Crippen molar-refractivity contribution < 1.29 is 0 Å². The average Bonchev–Trinajstić information content (AvgIpc) is 2.71. The summed E-state index contributed by atoms with van der Waals surface area (Å²) in [7, 11) is 2.14. The number of nitrogens with one attached hydrogen (secondary N) is 1. The number of hydrogen-bond acceptors (Lipinski definition) is 1. The predicted octanol–water partition coefficient (Wildman–Crippen LogP) is 4.49. The van der Waals surface area contributed by atoms with Crippen LogP contribution in [0, 0.1) is 12.8 Å². The van der Waals surface area contributed by atoms with E-state index in [2.05, 4.69) is 43.6 Å². The zero-order valence-electron chi connectivity index (χ0n) is 12.6. The second-order valence-corrected chi connectivity index (χ2v) is 6.17. The van der Waals surface area contributed by atoms with Gasteiger partial charge >= 0.3 is 0 Å². The molecule has 0 aromatic heterocycles. The minimum atomic E-state index is 0.708. The molecule has 1 heteroatoms. The molecule has 0 saturated heterocycles. The van der Waals surface area contributed by atoms with Crippen LogP contribution in [0.5, 0.6) is 0 Å². The van der Waals surface area contributed by atoms with Gasteiger partial charge in [-0.25, -0.2) is 0 Å². The first-order valence-corrected chi connectivity index (χ1v) is 8.02. The minimum Gasteiger partial charge on any atom is -0.317 e. The second kappa shape index (κ2) is 7.69. The summed E-state index contributed by atoms with van der Waals surface area (Å²) in [6.45, 7) is 2.16. The normalized spacial score (nSPS) is 19.1. The summed E-state index contributed by atoms with van der Waals surface area (Å²) in [5.74, 6) is 0.901. The molecule has 0 spiro atoms. The Hall–Kier alpha value is -0.820. The monoisotopic (exact) mass is 259 g/mol. The van der Waals surface area contributed by atoms with E-state index in [1.807, 2.05) is 0 Å². The highest BCUT2D eigenvalue weighted by Crippen LogP contribution is 2.27. The van der Waals surface area contributed by atoms with Gasteiger partial charge in [0, 0.05) is 6.04 Å². The van der Waals surface area contributed by atoms with Crippen LogP contribution in [0.3, 0.4) is 0 Å². The van der Waals surface area contributed by atoms with E-state index in [1.54, 1.807) is 0 Å². The maximum absolute atomic E-state index is 3.58. The molecule has 0 amide bonds. The second-order valence-electron chi connectivity index (χ2n) is 6.17. The van der Waals surface area contributed by atoms with Crippen molar-refractivity contribution >= 4 is 0 Å². The van der Waals surface area contributed by atoms with Gasteiger partial charge in [0.25, 0.3) is 0 Å². The first-order chi connectivity index (χ1) is 9.29. The van der Waals surface area contributed by atoms with Crippen molar-refractivity contribution in [1.29, 1.82) is 0 Å². The van der Waals surface area contributed by atoms with Crippen molar-refractivity contribution in [3.8, 4) is 0 Å². The molecule has 1 aromatic rings. The van der Waals surface area contributed by atoms with Gasteiger partial charge in [-0.15, -0.1) is 0 Å². The van der Waals surface area contributed by atoms with E-state index < -0.39 is 0 Å². The molecular weight excluding hydrogens is 230 g/mol. The minimum absolute atomic E-state index is 0.708. The Labute approximate surface area is 118 Å². The first-order valence-electron chi connectivity index (χ1n) is 8.02. The van der Waals surface area contributed by atoms with Crippen molar-refractivity contribution in [2.45, 2.75) is 64.3 Å². The maximum Gasteiger partial charge on any atom is 0.00954 e. The van der Waals surface area contributed by atoms with Crippen molar-refractivity contribution in [1.82, 2.24) is 5.32 Å². The summed E-state index contributed by atoms with van der Waals surface area (Å²) in [6, 6.07) is 9.74. The predicted molar refractivity (Wildman–Crippen MR) is 83.5 cm³/mol. The highest BCUT2D eigenvalue weighted by molar-refractivity contribution is 5.21. The van der Waals surface area contributed by atoms with Gasteiger partial charge in [0.1, 0.15) is 0 Å². The molecule has 1 saturated carbocycles. The van der Waals surface area contributed by atoms with E-state index in [1.165, 1.54) is 62.5 Å². The van der Waals surface area contributed by atoms with Crippen molar-refractivity contribution in [2.75, 3.05) is 7.05 Å². The summed E-state index contributed by atoms with van der Waals surface area (Å²) >= 11 is 0. The smallest absolute Gasteiger partial charge is 0.00954 e. The molecule has 1 atom stereocenters. The fraction of sp³-hybridized carbons (Fsp3) is 0.667. The van der Waals surface area contributed by atoms with Crippen LogP contribution >= 0.6 is 0 Å². The highest BCUT2D eigenvalue weighted by atomic mass is 14.9. The Morgan fingerprint density at radius 1 is 1.05 bits per heavy atom. The van der Waals surface area contributed by atoms with E-state index in [4.69, 9.17) is 0 Å². The lowest BCUT2D eigenvalue weighted by molar-refractivity contribution is 0.319. The molecule has 1 aromatic carbocycles. The van der Waals surface area contributed by atoms with Crippen LogP contribution in [-0.4, -0.2) is 13.1 Å². The van der Waals surface area contributed by atoms with E-state index in [-0.39, 0.29) is 0 Å². The van der Waals surface area contributed by atoms with Gasteiger partial charge in [0.2, 0.25) is 0 Å². The summed E-state index contributed by atoms with van der Waals surface area (Å²) in [5.41, 5.74) is 2.84. The number of rotatable bonds is 5. The molecule has 0 radical (unpaired) electrons. The van der Waals surface area contributed by atoms with Crippen LogP contribution in [0.2, 0.25) is 0 Å². The Balaban J connectivity index is 1.85. The number of benzene rings is 1. The van der Waals surface area contributed by atoms with E-state index >= 15 is 0 Å². The van der Waals surface area contributed by atoms with Gasteiger partial charge in [-0.3, -0.25) is 0 Å². The number of hydrogen-bond donors (Lipinski definition) is 1. The summed E-state index contributed by atoms with van der Waals surface area (Å²) in [6.07, 6.45) is 11.1. The van der Waals surface area contributed by atoms with Crippen molar-refractivity contribution in [3.63, 3.8) is 0 Å². The molecule has 1 fully saturated rings. The molecule has 0 bridgehead atoms. The van der Waals surface area contributed by atoms with Crippen molar-refractivity contribution in [2.24, 2.45) is 5.92 Å². The topological polar surface area (TPSA) is 12.0 Å². The van der Waals surface area contributed by atoms with Crippen LogP contribution in [-0.2, 0) is 6.42 Å². The maximum atomic E-state index is 3.58. The number of aryl methyl sites for hydroxylation is 2. The average molecular weight is 259 g/mol. The fourth-order valence-electron chi connectivity index (χ4n) is 3.41. The van der Waals surface area contributed by atoms with Gasteiger partial charge in [-0.05, 0) is 51.1 Å². The molecule has 1 unspecified atom stereocenters. The molecular formula is C18H29N. The van der Waals surface area contributed by atoms with Crippen LogP contribution in [0.1, 0.15) is 56.1 Å². The quantitative estimate of drug-likeness (QED) is 0.768. The highest BCUT2D eigenvalue weighted by Gasteiger charge is 2.20. The van der Waals surface area contributed by atoms with Crippen LogP contribution in [0.4, 0.5) is 0 Å². The summed E-state index contributed by atoms with van der Waals surface area (Å²) in [5, 5.41) is 3.58. The van der Waals surface area contributed by atoms with Gasteiger partial charge in [-0.1, -0.05) is 55.5 Å². The molecule has 106 valence electrons. The van der Waals surface area contributed by atoms with Gasteiger partial charge in [0.15, 0.2) is 0 Å². The third kappa shape index (κ3) is 4.65. The van der Waals surface area contributed by atoms with Gasteiger partial charge in [0.05, 0.1) is 0 Å².